The molecule has 1 amide bonds. The van der Waals surface area contributed by atoms with E-state index < -0.39 is 23.2 Å². The van der Waals surface area contributed by atoms with Gasteiger partial charge in [-0.05, 0) is 36.8 Å². The maximum absolute atomic E-state index is 13.7. The fourth-order valence-electron chi connectivity index (χ4n) is 1.68. The lowest BCUT2D eigenvalue weighted by atomic mass is 10.1. The van der Waals surface area contributed by atoms with E-state index in [1.54, 1.807) is 25.1 Å². The van der Waals surface area contributed by atoms with E-state index in [0.717, 1.165) is 12.1 Å². The minimum absolute atomic E-state index is 0.268. The van der Waals surface area contributed by atoms with Crippen LogP contribution >= 0.6 is 31.9 Å². The number of hydrogen-bond acceptors (Lipinski definition) is 1. The van der Waals surface area contributed by atoms with Gasteiger partial charge < -0.3 is 5.32 Å². The van der Waals surface area contributed by atoms with Gasteiger partial charge >= 0.3 is 0 Å². The van der Waals surface area contributed by atoms with Gasteiger partial charge in [0.05, 0.1) is 0 Å². The van der Waals surface area contributed by atoms with Crippen LogP contribution in [0.15, 0.2) is 39.3 Å². The van der Waals surface area contributed by atoms with Crippen LogP contribution in [0.5, 0.6) is 0 Å². The van der Waals surface area contributed by atoms with Crippen molar-refractivity contribution in [1.82, 2.24) is 0 Å². The summed E-state index contributed by atoms with van der Waals surface area (Å²) in [6, 6.07) is 7.30. The van der Waals surface area contributed by atoms with Crippen LogP contribution in [0, 0.1) is 18.6 Å². The molecule has 20 heavy (non-hydrogen) atoms. The molecule has 104 valence electrons. The summed E-state index contributed by atoms with van der Waals surface area (Å²) in [5.41, 5.74) is 0.599. The van der Waals surface area contributed by atoms with Crippen molar-refractivity contribution in [2.75, 3.05) is 5.32 Å². The van der Waals surface area contributed by atoms with E-state index in [0.29, 0.717) is 15.6 Å². The van der Waals surface area contributed by atoms with Crippen LogP contribution in [-0.4, -0.2) is 5.91 Å². The minimum atomic E-state index is -0.835. The van der Waals surface area contributed by atoms with Crippen LogP contribution in [-0.2, 0) is 0 Å². The van der Waals surface area contributed by atoms with Crippen LogP contribution < -0.4 is 5.32 Å². The number of carbonyl (C=O) groups excluding carboxylic acids is 1. The van der Waals surface area contributed by atoms with E-state index in [-0.39, 0.29) is 4.47 Å². The van der Waals surface area contributed by atoms with Gasteiger partial charge in [-0.1, -0.05) is 37.9 Å². The zero-order valence-electron chi connectivity index (χ0n) is 10.3. The van der Waals surface area contributed by atoms with Gasteiger partial charge in [-0.25, -0.2) is 8.78 Å². The fraction of sp³-hybridized carbons (Fsp3) is 0.0714. The average Bonchev–Trinajstić information content (AvgIpc) is 2.36. The third-order valence-corrected chi connectivity index (χ3v) is 3.64. The van der Waals surface area contributed by atoms with Crippen LogP contribution in [0.4, 0.5) is 14.5 Å². The zero-order valence-corrected chi connectivity index (χ0v) is 13.5. The summed E-state index contributed by atoms with van der Waals surface area (Å²) >= 11 is 6.23. The van der Waals surface area contributed by atoms with Gasteiger partial charge in [-0.3, -0.25) is 4.79 Å². The second kappa shape index (κ2) is 6.01. The van der Waals surface area contributed by atoms with E-state index in [1.165, 1.54) is 0 Å². The van der Waals surface area contributed by atoms with Crippen LogP contribution in [0.25, 0.3) is 0 Å². The van der Waals surface area contributed by atoms with E-state index in [4.69, 9.17) is 0 Å². The molecule has 0 saturated carbocycles. The zero-order chi connectivity index (χ0) is 14.9. The molecule has 1 N–H and O–H groups in total. The van der Waals surface area contributed by atoms with Crippen LogP contribution in [0.2, 0.25) is 0 Å². The lowest BCUT2D eigenvalue weighted by molar-refractivity contribution is 0.102. The average molecular weight is 405 g/mol. The van der Waals surface area contributed by atoms with Crippen molar-refractivity contribution in [2.45, 2.75) is 6.92 Å². The van der Waals surface area contributed by atoms with Crippen molar-refractivity contribution in [3.63, 3.8) is 0 Å². The summed E-state index contributed by atoms with van der Waals surface area (Å²) in [7, 11) is 0. The smallest absolute Gasteiger partial charge is 0.256 e. The number of nitrogens with one attached hydrogen (secondary N) is 1. The van der Waals surface area contributed by atoms with Gasteiger partial charge in [0, 0.05) is 14.5 Å². The predicted molar refractivity (Wildman–Crippen MR) is 80.9 cm³/mol. The molecule has 0 unspecified atom stereocenters. The van der Waals surface area contributed by atoms with Gasteiger partial charge in [-0.2, -0.15) is 0 Å². The summed E-state index contributed by atoms with van der Waals surface area (Å²) in [6.45, 7) is 1.75. The first-order chi connectivity index (χ1) is 9.38. The Hall–Kier alpha value is -1.27. The Morgan fingerprint density at radius 2 is 1.65 bits per heavy atom. The lowest BCUT2D eigenvalue weighted by Crippen LogP contribution is -2.15. The quantitative estimate of drug-likeness (QED) is 0.745. The van der Waals surface area contributed by atoms with Crippen molar-refractivity contribution >= 4 is 43.5 Å². The molecule has 2 aromatic rings. The number of anilines is 1. The number of aryl methyl sites for hydroxylation is 1. The maximum atomic E-state index is 13.7. The standard InChI is InChI=1S/C14H9Br2F2NO/c1-7-2-3-8(15)4-10(7)14(20)19-13-11(17)5-9(16)6-12(13)18/h2-6H,1H3,(H,19,20). The summed E-state index contributed by atoms with van der Waals surface area (Å²) in [5.74, 6) is -2.24. The molecule has 0 aliphatic heterocycles. The summed E-state index contributed by atoms with van der Waals surface area (Å²) in [5, 5.41) is 2.26. The predicted octanol–water partition coefficient (Wildman–Crippen LogP) is 5.05. The molecule has 2 rings (SSSR count). The van der Waals surface area contributed by atoms with Crippen molar-refractivity contribution in [3.05, 3.63) is 62.0 Å². The first-order valence-corrected chi connectivity index (χ1v) is 7.19. The summed E-state index contributed by atoms with van der Waals surface area (Å²) in [6.07, 6.45) is 0. The van der Waals surface area contributed by atoms with Crippen LogP contribution in [0.1, 0.15) is 15.9 Å². The number of benzene rings is 2. The van der Waals surface area contributed by atoms with Crippen molar-refractivity contribution < 1.29 is 13.6 Å². The number of carbonyl (C=O) groups is 1. The summed E-state index contributed by atoms with van der Waals surface area (Å²) < 4.78 is 28.3. The van der Waals surface area contributed by atoms with Gasteiger partial charge in [0.1, 0.15) is 5.69 Å². The molecular weight excluding hydrogens is 396 g/mol. The molecule has 6 heteroatoms. The highest BCUT2D eigenvalue weighted by atomic mass is 79.9. The third kappa shape index (κ3) is 3.24. The molecule has 2 aromatic carbocycles. The molecule has 0 aromatic heterocycles. The van der Waals surface area contributed by atoms with Gasteiger partial charge in [0.25, 0.3) is 5.91 Å². The van der Waals surface area contributed by atoms with Gasteiger partial charge in [-0.15, -0.1) is 0 Å². The van der Waals surface area contributed by atoms with E-state index in [2.05, 4.69) is 37.2 Å². The normalized spacial score (nSPS) is 10.4. The Labute approximate surface area is 131 Å². The number of amides is 1. The molecule has 0 fully saturated rings. The fourth-order valence-corrected chi connectivity index (χ4v) is 2.44. The topological polar surface area (TPSA) is 29.1 Å². The highest BCUT2D eigenvalue weighted by Gasteiger charge is 2.16. The first-order valence-electron chi connectivity index (χ1n) is 5.60. The van der Waals surface area contributed by atoms with Gasteiger partial charge in [0.2, 0.25) is 0 Å². The van der Waals surface area contributed by atoms with E-state index in [1.807, 2.05) is 0 Å². The van der Waals surface area contributed by atoms with E-state index in [9.17, 15) is 13.6 Å². The second-order valence-corrected chi connectivity index (χ2v) is 5.99. The Morgan fingerprint density at radius 1 is 1.05 bits per heavy atom. The Kier molecular flexibility index (Phi) is 4.55. The molecule has 0 heterocycles. The Bertz CT molecular complexity index is 666. The lowest BCUT2D eigenvalue weighted by Gasteiger charge is -2.10. The highest BCUT2D eigenvalue weighted by molar-refractivity contribution is 9.10. The van der Waals surface area contributed by atoms with Crippen molar-refractivity contribution in [2.24, 2.45) is 0 Å². The molecule has 0 aliphatic rings. The molecule has 0 bridgehead atoms. The summed E-state index contributed by atoms with van der Waals surface area (Å²) in [4.78, 5) is 12.1. The molecule has 0 radical (unpaired) electrons. The number of halogens is 4. The van der Waals surface area contributed by atoms with Gasteiger partial charge in [0.15, 0.2) is 11.6 Å². The second-order valence-electron chi connectivity index (χ2n) is 4.16. The monoisotopic (exact) mass is 403 g/mol. The van der Waals surface area contributed by atoms with Crippen LogP contribution in [0.3, 0.4) is 0 Å². The molecule has 0 spiro atoms. The molecule has 0 atom stereocenters. The molecule has 0 saturated heterocycles. The first kappa shape index (κ1) is 15.1. The molecule has 2 nitrogen and oxygen atoms in total. The van der Waals surface area contributed by atoms with Crippen molar-refractivity contribution in [3.8, 4) is 0 Å². The Morgan fingerprint density at radius 3 is 2.25 bits per heavy atom. The number of rotatable bonds is 2. The largest absolute Gasteiger partial charge is 0.317 e. The minimum Gasteiger partial charge on any atom is -0.317 e. The SMILES string of the molecule is Cc1ccc(Br)cc1C(=O)Nc1c(F)cc(Br)cc1F. The highest BCUT2D eigenvalue weighted by Crippen LogP contribution is 2.25. The molecule has 0 aliphatic carbocycles. The van der Waals surface area contributed by atoms with E-state index >= 15 is 0 Å². The third-order valence-electron chi connectivity index (χ3n) is 2.69. The Balaban J connectivity index is 2.35. The number of hydrogen-bond donors (Lipinski definition) is 1. The molecular formula is C14H9Br2F2NO. The maximum Gasteiger partial charge on any atom is 0.256 e. The van der Waals surface area contributed by atoms with Crippen molar-refractivity contribution in [1.29, 1.82) is 0 Å².